The van der Waals surface area contributed by atoms with E-state index in [1.165, 1.54) is 18.2 Å². The average molecular weight is 240 g/mol. The molecule has 0 aliphatic carbocycles. The van der Waals surface area contributed by atoms with Gasteiger partial charge in [0.1, 0.15) is 5.82 Å². The lowest BCUT2D eigenvalue weighted by atomic mass is 10.1. The Bertz CT molecular complexity index is 396. The van der Waals surface area contributed by atoms with Crippen LogP contribution < -0.4 is 11.1 Å². The van der Waals surface area contributed by atoms with Crippen LogP contribution in [-0.4, -0.2) is 25.7 Å². The van der Waals surface area contributed by atoms with Crippen LogP contribution in [0.3, 0.4) is 0 Å². The highest BCUT2D eigenvalue weighted by Gasteiger charge is 2.07. The minimum atomic E-state index is -0.559. The van der Waals surface area contributed by atoms with Crippen molar-refractivity contribution >= 4 is 5.91 Å². The van der Waals surface area contributed by atoms with Gasteiger partial charge in [-0.15, -0.1) is 0 Å². The highest BCUT2D eigenvalue weighted by Crippen LogP contribution is 2.10. The van der Waals surface area contributed by atoms with E-state index in [-0.39, 0.29) is 11.9 Å². The van der Waals surface area contributed by atoms with Crippen molar-refractivity contribution in [3.05, 3.63) is 35.1 Å². The van der Waals surface area contributed by atoms with Gasteiger partial charge in [0.2, 0.25) is 5.91 Å². The molecule has 1 aromatic carbocycles. The Hall–Kier alpha value is -1.46. The van der Waals surface area contributed by atoms with Gasteiger partial charge in [-0.05, 0) is 25.1 Å². The van der Waals surface area contributed by atoms with E-state index in [4.69, 9.17) is 10.5 Å². The molecule has 1 amide bonds. The molecule has 4 nitrogen and oxygen atoms in total. The van der Waals surface area contributed by atoms with Crippen LogP contribution in [0.1, 0.15) is 22.8 Å². The summed E-state index contributed by atoms with van der Waals surface area (Å²) < 4.78 is 18.5. The summed E-state index contributed by atoms with van der Waals surface area (Å²) in [5.74, 6) is -0.913. The number of amides is 1. The number of ether oxygens (including phenoxy) is 1. The Morgan fingerprint density at radius 3 is 2.88 bits per heavy atom. The lowest BCUT2D eigenvalue weighted by Crippen LogP contribution is -2.26. The summed E-state index contributed by atoms with van der Waals surface area (Å²) in [6, 6.07) is 4.08. The van der Waals surface area contributed by atoms with E-state index in [1.54, 1.807) is 7.11 Å². The van der Waals surface area contributed by atoms with Crippen molar-refractivity contribution in [3.63, 3.8) is 0 Å². The molecule has 0 aromatic heterocycles. The first-order valence-electron chi connectivity index (χ1n) is 5.36. The third-order valence-corrected chi connectivity index (χ3v) is 2.48. The zero-order valence-corrected chi connectivity index (χ0v) is 10.00. The van der Waals surface area contributed by atoms with Gasteiger partial charge in [-0.1, -0.05) is 0 Å². The highest BCUT2D eigenvalue weighted by atomic mass is 19.1. The Morgan fingerprint density at radius 1 is 1.59 bits per heavy atom. The number of halogens is 1. The monoisotopic (exact) mass is 240 g/mol. The molecule has 0 saturated heterocycles. The Balaban J connectivity index is 2.63. The smallest absolute Gasteiger partial charge is 0.248 e. The van der Waals surface area contributed by atoms with E-state index in [0.717, 1.165) is 0 Å². The summed E-state index contributed by atoms with van der Waals surface area (Å²) in [5, 5.41) is 3.04. The fourth-order valence-electron chi connectivity index (χ4n) is 1.36. The largest absolute Gasteiger partial charge is 0.380 e. The van der Waals surface area contributed by atoms with E-state index in [1.807, 2.05) is 6.92 Å². The SMILES string of the molecule is COC(C)CNCc1cc(C(N)=O)ccc1F. The molecule has 0 spiro atoms. The summed E-state index contributed by atoms with van der Waals surface area (Å²) >= 11 is 0. The fourth-order valence-corrected chi connectivity index (χ4v) is 1.36. The first-order chi connectivity index (χ1) is 8.04. The predicted octanol–water partition coefficient (Wildman–Crippen LogP) is 1.05. The van der Waals surface area contributed by atoms with Crippen LogP contribution in [0.4, 0.5) is 4.39 Å². The third kappa shape index (κ3) is 4.13. The first kappa shape index (κ1) is 13.6. The van der Waals surface area contributed by atoms with E-state index < -0.39 is 5.91 Å². The molecule has 1 atom stereocenters. The van der Waals surface area contributed by atoms with Gasteiger partial charge in [-0.3, -0.25) is 4.79 Å². The summed E-state index contributed by atoms with van der Waals surface area (Å²) in [4.78, 5) is 11.0. The second kappa shape index (κ2) is 6.32. The topological polar surface area (TPSA) is 64.3 Å². The molecule has 94 valence electrons. The standard InChI is InChI=1S/C12H17FN2O2/c1-8(17-2)6-15-7-10-5-9(12(14)16)3-4-11(10)13/h3-5,8,15H,6-7H2,1-2H3,(H2,14,16). The molecular weight excluding hydrogens is 223 g/mol. The number of primary amides is 1. The number of rotatable bonds is 6. The van der Waals surface area contributed by atoms with Gasteiger partial charge in [0.15, 0.2) is 0 Å². The van der Waals surface area contributed by atoms with Crippen LogP contribution >= 0.6 is 0 Å². The lowest BCUT2D eigenvalue weighted by Gasteiger charge is -2.11. The predicted molar refractivity (Wildman–Crippen MR) is 63.1 cm³/mol. The van der Waals surface area contributed by atoms with Crippen molar-refractivity contribution in [1.29, 1.82) is 0 Å². The van der Waals surface area contributed by atoms with E-state index in [2.05, 4.69) is 5.32 Å². The fraction of sp³-hybridized carbons (Fsp3) is 0.417. The van der Waals surface area contributed by atoms with Crippen LogP contribution in [0.2, 0.25) is 0 Å². The van der Waals surface area contributed by atoms with Crippen molar-refractivity contribution in [2.75, 3.05) is 13.7 Å². The molecule has 0 aliphatic heterocycles. The molecular formula is C12H17FN2O2. The van der Waals surface area contributed by atoms with Crippen LogP contribution in [0.5, 0.6) is 0 Å². The highest BCUT2D eigenvalue weighted by molar-refractivity contribution is 5.92. The van der Waals surface area contributed by atoms with Gasteiger partial charge in [-0.2, -0.15) is 0 Å². The van der Waals surface area contributed by atoms with Crippen LogP contribution in [0.25, 0.3) is 0 Å². The molecule has 0 radical (unpaired) electrons. The van der Waals surface area contributed by atoms with Crippen molar-refractivity contribution in [1.82, 2.24) is 5.32 Å². The molecule has 0 bridgehead atoms. The number of nitrogens with one attached hydrogen (secondary N) is 1. The second-order valence-electron chi connectivity index (χ2n) is 3.85. The maximum atomic E-state index is 13.4. The third-order valence-electron chi connectivity index (χ3n) is 2.48. The van der Waals surface area contributed by atoms with E-state index in [0.29, 0.717) is 24.2 Å². The molecule has 0 saturated carbocycles. The molecule has 5 heteroatoms. The van der Waals surface area contributed by atoms with Gasteiger partial charge < -0.3 is 15.8 Å². The molecule has 17 heavy (non-hydrogen) atoms. The van der Waals surface area contributed by atoms with Crippen molar-refractivity contribution < 1.29 is 13.9 Å². The lowest BCUT2D eigenvalue weighted by molar-refractivity contribution is 0.1000. The Labute approximate surface area is 100.0 Å². The molecule has 1 rings (SSSR count). The quantitative estimate of drug-likeness (QED) is 0.781. The van der Waals surface area contributed by atoms with Gasteiger partial charge in [0.25, 0.3) is 0 Å². The maximum Gasteiger partial charge on any atom is 0.248 e. The number of carbonyl (C=O) groups is 1. The number of methoxy groups -OCH3 is 1. The minimum absolute atomic E-state index is 0.0531. The Morgan fingerprint density at radius 2 is 2.29 bits per heavy atom. The molecule has 3 N–H and O–H groups in total. The zero-order chi connectivity index (χ0) is 12.8. The van der Waals surface area contributed by atoms with Gasteiger partial charge in [0.05, 0.1) is 6.10 Å². The van der Waals surface area contributed by atoms with Crippen LogP contribution in [-0.2, 0) is 11.3 Å². The summed E-state index contributed by atoms with van der Waals surface area (Å²) in [5.41, 5.74) is 5.86. The first-order valence-corrected chi connectivity index (χ1v) is 5.36. The molecule has 0 fully saturated rings. The van der Waals surface area contributed by atoms with Gasteiger partial charge >= 0.3 is 0 Å². The normalized spacial score (nSPS) is 12.4. The van der Waals surface area contributed by atoms with Crippen molar-refractivity contribution in [2.24, 2.45) is 5.73 Å². The van der Waals surface area contributed by atoms with Crippen molar-refractivity contribution in [3.8, 4) is 0 Å². The van der Waals surface area contributed by atoms with Gasteiger partial charge in [0, 0.05) is 31.3 Å². The van der Waals surface area contributed by atoms with Crippen LogP contribution in [0.15, 0.2) is 18.2 Å². The summed E-state index contributed by atoms with van der Waals surface area (Å²) in [6.07, 6.45) is 0.0531. The minimum Gasteiger partial charge on any atom is -0.380 e. The van der Waals surface area contributed by atoms with Gasteiger partial charge in [-0.25, -0.2) is 4.39 Å². The number of hydrogen-bond acceptors (Lipinski definition) is 3. The summed E-state index contributed by atoms with van der Waals surface area (Å²) in [6.45, 7) is 2.85. The second-order valence-corrected chi connectivity index (χ2v) is 3.85. The number of benzene rings is 1. The average Bonchev–Trinajstić information content (AvgIpc) is 2.30. The molecule has 0 heterocycles. The van der Waals surface area contributed by atoms with E-state index >= 15 is 0 Å². The molecule has 1 unspecified atom stereocenters. The Kier molecular flexibility index (Phi) is 5.06. The summed E-state index contributed by atoms with van der Waals surface area (Å²) in [7, 11) is 1.61. The number of hydrogen-bond donors (Lipinski definition) is 2. The van der Waals surface area contributed by atoms with Crippen molar-refractivity contribution in [2.45, 2.75) is 19.6 Å². The van der Waals surface area contributed by atoms with Crippen LogP contribution in [0, 0.1) is 5.82 Å². The maximum absolute atomic E-state index is 13.4. The van der Waals surface area contributed by atoms with E-state index in [9.17, 15) is 9.18 Å². The zero-order valence-electron chi connectivity index (χ0n) is 10.00. The number of nitrogens with two attached hydrogens (primary N) is 1. The number of carbonyl (C=O) groups excluding carboxylic acids is 1. The molecule has 1 aromatic rings. The molecule has 0 aliphatic rings.